The highest BCUT2D eigenvalue weighted by Crippen LogP contribution is 2.10. The van der Waals surface area contributed by atoms with Gasteiger partial charge in [0.1, 0.15) is 5.82 Å². The smallest absolute Gasteiger partial charge is 0.257 e. The fourth-order valence-electron chi connectivity index (χ4n) is 2.79. The van der Waals surface area contributed by atoms with Crippen molar-refractivity contribution in [3.8, 4) is 0 Å². The molecule has 23 heavy (non-hydrogen) atoms. The zero-order valence-electron chi connectivity index (χ0n) is 13.5. The molecule has 0 unspecified atom stereocenters. The van der Waals surface area contributed by atoms with Gasteiger partial charge in [-0.2, -0.15) is 0 Å². The molecule has 3 nitrogen and oxygen atoms in total. The molecule has 3 heteroatoms. The van der Waals surface area contributed by atoms with Crippen LogP contribution < -0.4 is 5.56 Å². The third-order valence-electron chi connectivity index (χ3n) is 4.07. The summed E-state index contributed by atoms with van der Waals surface area (Å²) in [5, 5.41) is 0. The molecule has 0 radical (unpaired) electrons. The molecule has 116 valence electrons. The molecule has 0 atom stereocenters. The minimum Gasteiger partial charge on any atom is -0.292 e. The van der Waals surface area contributed by atoms with E-state index < -0.39 is 0 Å². The lowest BCUT2D eigenvalue weighted by molar-refractivity contribution is 0.682. The number of benzene rings is 2. The number of hydrogen-bond donors (Lipinski definition) is 0. The quantitative estimate of drug-likeness (QED) is 0.739. The minimum atomic E-state index is 0.0581. The van der Waals surface area contributed by atoms with Gasteiger partial charge < -0.3 is 0 Å². The van der Waals surface area contributed by atoms with Crippen molar-refractivity contribution in [1.29, 1.82) is 0 Å². The van der Waals surface area contributed by atoms with Crippen LogP contribution in [0.2, 0.25) is 0 Å². The van der Waals surface area contributed by atoms with Crippen molar-refractivity contribution in [3.05, 3.63) is 99.2 Å². The van der Waals surface area contributed by atoms with Crippen LogP contribution in [0.15, 0.2) is 65.5 Å². The van der Waals surface area contributed by atoms with Gasteiger partial charge in [-0.3, -0.25) is 9.36 Å². The third kappa shape index (κ3) is 3.39. The molecule has 0 aliphatic rings. The first-order chi connectivity index (χ1) is 11.1. The Kier molecular flexibility index (Phi) is 4.38. The van der Waals surface area contributed by atoms with Crippen LogP contribution in [0.25, 0.3) is 0 Å². The summed E-state index contributed by atoms with van der Waals surface area (Å²) in [5.41, 5.74) is 3.89. The molecule has 0 saturated carbocycles. The number of hydrogen-bond acceptors (Lipinski definition) is 2. The van der Waals surface area contributed by atoms with E-state index in [1.807, 2.05) is 74.5 Å². The highest BCUT2D eigenvalue weighted by atomic mass is 16.1. The highest BCUT2D eigenvalue weighted by molar-refractivity contribution is 5.28. The summed E-state index contributed by atoms with van der Waals surface area (Å²) in [6, 6.07) is 20.1. The Morgan fingerprint density at radius 1 is 0.870 bits per heavy atom. The summed E-state index contributed by atoms with van der Waals surface area (Å²) in [4.78, 5) is 17.5. The fourth-order valence-corrected chi connectivity index (χ4v) is 2.79. The van der Waals surface area contributed by atoms with Gasteiger partial charge in [-0.05, 0) is 25.0 Å². The van der Waals surface area contributed by atoms with Crippen LogP contribution in [-0.2, 0) is 13.0 Å². The van der Waals surface area contributed by atoms with Crippen molar-refractivity contribution >= 4 is 0 Å². The van der Waals surface area contributed by atoms with E-state index in [-0.39, 0.29) is 5.56 Å². The van der Waals surface area contributed by atoms with Crippen LogP contribution in [0.5, 0.6) is 0 Å². The largest absolute Gasteiger partial charge is 0.292 e. The molecule has 0 aliphatic carbocycles. The summed E-state index contributed by atoms with van der Waals surface area (Å²) in [6.07, 6.45) is 0.619. The summed E-state index contributed by atoms with van der Waals surface area (Å²) in [6.45, 7) is 4.36. The molecule has 0 bridgehead atoms. The molecule has 0 amide bonds. The number of nitrogens with zero attached hydrogens (tertiary/aromatic N) is 2. The number of rotatable bonds is 4. The van der Waals surface area contributed by atoms with Crippen LogP contribution >= 0.6 is 0 Å². The van der Waals surface area contributed by atoms with Gasteiger partial charge in [-0.15, -0.1) is 0 Å². The van der Waals surface area contributed by atoms with Crippen molar-refractivity contribution in [2.75, 3.05) is 0 Å². The molecule has 1 heterocycles. The Morgan fingerprint density at radius 3 is 2.04 bits per heavy atom. The maximum absolute atomic E-state index is 12.9. The van der Waals surface area contributed by atoms with Gasteiger partial charge in [0.05, 0.1) is 6.54 Å². The van der Waals surface area contributed by atoms with Crippen molar-refractivity contribution in [2.24, 2.45) is 0 Å². The Hall–Kier alpha value is -2.68. The van der Waals surface area contributed by atoms with Crippen molar-refractivity contribution < 1.29 is 0 Å². The van der Waals surface area contributed by atoms with Gasteiger partial charge in [0.15, 0.2) is 0 Å². The molecule has 3 rings (SSSR count). The maximum Gasteiger partial charge on any atom is 0.257 e. The van der Waals surface area contributed by atoms with Crippen LogP contribution in [-0.4, -0.2) is 9.55 Å². The predicted molar refractivity (Wildman–Crippen MR) is 92.8 cm³/mol. The average molecular weight is 304 g/mol. The summed E-state index contributed by atoms with van der Waals surface area (Å²) < 4.78 is 1.76. The van der Waals surface area contributed by atoms with Crippen LogP contribution in [0, 0.1) is 13.8 Å². The Bertz CT molecular complexity index is 783. The van der Waals surface area contributed by atoms with E-state index >= 15 is 0 Å². The Labute approximate surface area is 136 Å². The molecule has 0 spiro atoms. The zero-order valence-corrected chi connectivity index (χ0v) is 13.5. The molecule has 0 N–H and O–H groups in total. The highest BCUT2D eigenvalue weighted by Gasteiger charge is 2.12. The van der Waals surface area contributed by atoms with E-state index in [2.05, 4.69) is 4.98 Å². The molecule has 0 fully saturated rings. The van der Waals surface area contributed by atoms with E-state index in [4.69, 9.17) is 0 Å². The van der Waals surface area contributed by atoms with E-state index in [1.165, 1.54) is 0 Å². The van der Waals surface area contributed by atoms with Gasteiger partial charge in [0.25, 0.3) is 5.56 Å². The molecular formula is C20H20N2O. The van der Waals surface area contributed by atoms with Crippen LogP contribution in [0.4, 0.5) is 0 Å². The Morgan fingerprint density at radius 2 is 1.43 bits per heavy atom. The predicted octanol–water partition coefficient (Wildman–Crippen LogP) is 3.50. The number of aromatic nitrogens is 2. The fraction of sp³-hybridized carbons (Fsp3) is 0.200. The zero-order chi connectivity index (χ0) is 16.2. The second kappa shape index (κ2) is 6.61. The average Bonchev–Trinajstić information content (AvgIpc) is 2.57. The minimum absolute atomic E-state index is 0.0581. The number of aryl methyl sites for hydroxylation is 2. The molecule has 3 aromatic rings. The first-order valence-corrected chi connectivity index (χ1v) is 7.80. The van der Waals surface area contributed by atoms with Crippen LogP contribution in [0.1, 0.15) is 28.2 Å². The Balaban J connectivity index is 2.01. The molecule has 1 aromatic heterocycles. The van der Waals surface area contributed by atoms with E-state index in [9.17, 15) is 4.79 Å². The van der Waals surface area contributed by atoms with Gasteiger partial charge >= 0.3 is 0 Å². The lowest BCUT2D eigenvalue weighted by Crippen LogP contribution is -2.29. The third-order valence-corrected chi connectivity index (χ3v) is 4.07. The van der Waals surface area contributed by atoms with Gasteiger partial charge in [0.2, 0.25) is 0 Å². The summed E-state index contributed by atoms with van der Waals surface area (Å²) in [7, 11) is 0. The monoisotopic (exact) mass is 304 g/mol. The van der Waals surface area contributed by atoms with E-state index in [0.717, 1.165) is 28.2 Å². The lowest BCUT2D eigenvalue weighted by Gasteiger charge is -2.14. The summed E-state index contributed by atoms with van der Waals surface area (Å²) >= 11 is 0. The van der Waals surface area contributed by atoms with Crippen LogP contribution in [0.3, 0.4) is 0 Å². The van der Waals surface area contributed by atoms with E-state index in [1.54, 1.807) is 4.57 Å². The normalized spacial score (nSPS) is 10.7. The topological polar surface area (TPSA) is 34.9 Å². The SMILES string of the molecule is Cc1nc(C)n(Cc2ccccc2)c(=O)c1Cc1ccccc1. The molecule has 0 saturated heterocycles. The summed E-state index contributed by atoms with van der Waals surface area (Å²) in [5.74, 6) is 0.758. The maximum atomic E-state index is 12.9. The molecular weight excluding hydrogens is 284 g/mol. The molecule has 0 aliphatic heterocycles. The first kappa shape index (κ1) is 15.2. The van der Waals surface area contributed by atoms with Crippen molar-refractivity contribution in [1.82, 2.24) is 9.55 Å². The van der Waals surface area contributed by atoms with Gasteiger partial charge in [-0.1, -0.05) is 60.7 Å². The van der Waals surface area contributed by atoms with Crippen molar-refractivity contribution in [3.63, 3.8) is 0 Å². The standard InChI is InChI=1S/C20H20N2O/c1-15-19(13-17-9-5-3-6-10-17)20(23)22(16(2)21-15)14-18-11-7-4-8-12-18/h3-12H,13-14H2,1-2H3. The second-order valence-electron chi connectivity index (χ2n) is 5.76. The van der Waals surface area contributed by atoms with Gasteiger partial charge in [-0.25, -0.2) is 4.98 Å². The second-order valence-corrected chi connectivity index (χ2v) is 5.76. The van der Waals surface area contributed by atoms with Crippen molar-refractivity contribution in [2.45, 2.75) is 26.8 Å². The molecule has 2 aromatic carbocycles. The first-order valence-electron chi connectivity index (χ1n) is 7.80. The van der Waals surface area contributed by atoms with E-state index in [0.29, 0.717) is 13.0 Å². The van der Waals surface area contributed by atoms with Gasteiger partial charge in [0, 0.05) is 17.7 Å². The lowest BCUT2D eigenvalue weighted by atomic mass is 10.0.